The van der Waals surface area contributed by atoms with Crippen LogP contribution in [0.25, 0.3) is 0 Å². The van der Waals surface area contributed by atoms with Crippen LogP contribution >= 0.6 is 23.1 Å². The van der Waals surface area contributed by atoms with Gasteiger partial charge in [-0.1, -0.05) is 11.8 Å². The maximum Gasteiger partial charge on any atom is 0.279 e. The molecule has 3 fully saturated rings. The fourth-order valence-corrected chi connectivity index (χ4v) is 5.89. The number of hydrogen-bond donors (Lipinski definition) is 1. The molecule has 150 valence electrons. The van der Waals surface area contributed by atoms with Crippen LogP contribution in [0.15, 0.2) is 12.1 Å². The molecule has 0 saturated carbocycles. The number of thioether (sulfide) groups is 1. The summed E-state index contributed by atoms with van der Waals surface area (Å²) in [6.45, 7) is 4.27. The van der Waals surface area contributed by atoms with Crippen LogP contribution in [0.2, 0.25) is 0 Å². The van der Waals surface area contributed by atoms with E-state index in [4.69, 9.17) is 0 Å². The molecule has 0 bridgehead atoms. The van der Waals surface area contributed by atoms with E-state index >= 15 is 0 Å². The Morgan fingerprint density at radius 1 is 1.07 bits per heavy atom. The predicted octanol–water partition coefficient (Wildman–Crippen LogP) is 2.23. The van der Waals surface area contributed by atoms with E-state index in [0.29, 0.717) is 35.1 Å². The van der Waals surface area contributed by atoms with E-state index in [0.717, 1.165) is 37.6 Å². The van der Waals surface area contributed by atoms with Gasteiger partial charge in [-0.05, 0) is 43.7 Å². The minimum Gasteiger partial charge on any atom is -0.340 e. The fraction of sp³-hybridized carbons (Fsp3) is 0.579. The molecular weight excluding hydrogens is 398 g/mol. The smallest absolute Gasteiger partial charge is 0.279 e. The van der Waals surface area contributed by atoms with Crippen molar-refractivity contribution < 1.29 is 19.2 Å². The van der Waals surface area contributed by atoms with Gasteiger partial charge in [-0.2, -0.15) is 0 Å². The number of amides is 3. The lowest BCUT2D eigenvalue weighted by atomic mass is 9.77. The van der Waals surface area contributed by atoms with Crippen molar-refractivity contribution in [1.82, 2.24) is 15.1 Å². The quantitative estimate of drug-likeness (QED) is 0.757. The van der Waals surface area contributed by atoms with Crippen LogP contribution in [0, 0.1) is 5.41 Å². The zero-order chi connectivity index (χ0) is 19.9. The van der Waals surface area contributed by atoms with Crippen LogP contribution in [0.3, 0.4) is 0 Å². The number of nitrogens with one attached hydrogen (secondary N) is 1. The average molecular weight is 422 g/mol. The van der Waals surface area contributed by atoms with Crippen molar-refractivity contribution in [1.29, 1.82) is 0 Å². The van der Waals surface area contributed by atoms with E-state index in [1.165, 1.54) is 18.3 Å². The molecule has 9 heteroatoms. The number of thiophene rings is 1. The highest BCUT2D eigenvalue weighted by molar-refractivity contribution is 8.14. The summed E-state index contributed by atoms with van der Waals surface area (Å²) < 4.78 is 0. The van der Waals surface area contributed by atoms with Crippen molar-refractivity contribution in [3.63, 3.8) is 0 Å². The van der Waals surface area contributed by atoms with Gasteiger partial charge in [0.1, 0.15) is 6.04 Å². The van der Waals surface area contributed by atoms with Gasteiger partial charge >= 0.3 is 0 Å². The summed E-state index contributed by atoms with van der Waals surface area (Å²) in [7, 11) is 0. The van der Waals surface area contributed by atoms with Gasteiger partial charge in [0.05, 0.1) is 9.75 Å². The second-order valence-electron chi connectivity index (χ2n) is 7.82. The Labute approximate surface area is 171 Å². The molecule has 7 nitrogen and oxygen atoms in total. The number of rotatable bonds is 3. The van der Waals surface area contributed by atoms with Crippen LogP contribution in [0.5, 0.6) is 0 Å². The third-order valence-corrected chi connectivity index (χ3v) is 8.05. The van der Waals surface area contributed by atoms with E-state index in [-0.39, 0.29) is 28.3 Å². The Morgan fingerprint density at radius 2 is 1.71 bits per heavy atom. The first kappa shape index (κ1) is 19.4. The second-order valence-corrected chi connectivity index (χ2v) is 9.89. The van der Waals surface area contributed by atoms with E-state index < -0.39 is 6.04 Å². The first-order chi connectivity index (χ1) is 13.4. The number of nitrogens with zero attached hydrogens (tertiary/aromatic N) is 2. The summed E-state index contributed by atoms with van der Waals surface area (Å²) in [5, 5.41) is 2.60. The van der Waals surface area contributed by atoms with Gasteiger partial charge < -0.3 is 15.1 Å². The van der Waals surface area contributed by atoms with Crippen LogP contribution in [-0.4, -0.2) is 70.6 Å². The first-order valence-electron chi connectivity index (χ1n) is 9.49. The third kappa shape index (κ3) is 3.69. The van der Waals surface area contributed by atoms with Gasteiger partial charge in [0.25, 0.3) is 11.1 Å². The van der Waals surface area contributed by atoms with Gasteiger partial charge in [0, 0.05) is 31.9 Å². The van der Waals surface area contributed by atoms with Crippen molar-refractivity contribution in [2.24, 2.45) is 5.41 Å². The second kappa shape index (κ2) is 7.51. The lowest BCUT2D eigenvalue weighted by Gasteiger charge is -2.39. The van der Waals surface area contributed by atoms with Gasteiger partial charge in [0.15, 0.2) is 5.78 Å². The molecule has 3 aliphatic rings. The summed E-state index contributed by atoms with van der Waals surface area (Å²) >= 11 is 2.42. The molecule has 4 heterocycles. The zero-order valence-electron chi connectivity index (χ0n) is 15.7. The number of hydrogen-bond acceptors (Lipinski definition) is 6. The molecular formula is C19H23N3O4S2. The van der Waals surface area contributed by atoms with Gasteiger partial charge in [0.2, 0.25) is 5.91 Å². The molecule has 1 aromatic heterocycles. The van der Waals surface area contributed by atoms with Crippen LogP contribution in [0.4, 0.5) is 4.79 Å². The summed E-state index contributed by atoms with van der Waals surface area (Å²) in [6, 6.07) is 3.05. The highest BCUT2D eigenvalue weighted by Gasteiger charge is 2.44. The number of piperidine rings is 1. The minimum atomic E-state index is -0.399. The Hall–Kier alpha value is -1.87. The molecule has 4 rings (SSSR count). The highest BCUT2D eigenvalue weighted by Crippen LogP contribution is 2.41. The molecule has 1 spiro atoms. The Kier molecular flexibility index (Phi) is 5.22. The highest BCUT2D eigenvalue weighted by atomic mass is 32.2. The van der Waals surface area contributed by atoms with Crippen molar-refractivity contribution in [2.45, 2.75) is 32.2 Å². The number of Topliss-reactive ketones (excluding diaryl/α,β-unsaturated/α-hetero) is 1. The summed E-state index contributed by atoms with van der Waals surface area (Å²) in [5.41, 5.74) is 0.0716. The van der Waals surface area contributed by atoms with Crippen LogP contribution < -0.4 is 5.32 Å². The molecule has 0 aliphatic carbocycles. The SMILES string of the molecule is CC(=O)c1ccc(C(=O)N2CCC3(CC2)CCN(C(=O)[C@@H]2CSC(=O)N2)C3)s1. The standard InChI is InChI=1S/C19H23N3O4S2/c1-12(23)14-2-3-15(28-14)17(25)21-7-4-19(5-8-21)6-9-22(11-19)16(24)13-10-27-18(26)20-13/h2-3,13H,4-11H2,1H3,(H,20,26)/t13-/m0/s1. The van der Waals surface area contributed by atoms with Crippen molar-refractivity contribution >= 4 is 45.9 Å². The lowest BCUT2D eigenvalue weighted by molar-refractivity contribution is -0.132. The molecule has 0 aromatic carbocycles. The molecule has 0 unspecified atom stereocenters. The minimum absolute atomic E-state index is 0.0102. The van der Waals surface area contributed by atoms with Gasteiger partial charge in [-0.3, -0.25) is 19.2 Å². The van der Waals surface area contributed by atoms with E-state index in [1.54, 1.807) is 12.1 Å². The number of ketones is 1. The van der Waals surface area contributed by atoms with Crippen LogP contribution in [-0.2, 0) is 4.79 Å². The maximum absolute atomic E-state index is 12.7. The zero-order valence-corrected chi connectivity index (χ0v) is 17.4. The maximum atomic E-state index is 12.7. The van der Waals surface area contributed by atoms with Crippen molar-refractivity contribution in [2.75, 3.05) is 31.9 Å². The molecule has 3 amide bonds. The summed E-state index contributed by atoms with van der Waals surface area (Å²) in [5.74, 6) is 0.495. The first-order valence-corrected chi connectivity index (χ1v) is 11.3. The van der Waals surface area contributed by atoms with Gasteiger partial charge in [-0.15, -0.1) is 11.3 Å². The number of carbonyl (C=O) groups is 4. The molecule has 0 radical (unpaired) electrons. The third-order valence-electron chi connectivity index (χ3n) is 6.00. The lowest BCUT2D eigenvalue weighted by Crippen LogP contribution is -2.47. The normalized spacial score (nSPS) is 23.9. The largest absolute Gasteiger partial charge is 0.340 e. The predicted molar refractivity (Wildman–Crippen MR) is 108 cm³/mol. The summed E-state index contributed by atoms with van der Waals surface area (Å²) in [6.07, 6.45) is 2.69. The summed E-state index contributed by atoms with van der Waals surface area (Å²) in [4.78, 5) is 53.1. The molecule has 3 aliphatic heterocycles. The van der Waals surface area contributed by atoms with E-state index in [9.17, 15) is 19.2 Å². The Balaban J connectivity index is 1.33. The number of likely N-dealkylation sites (tertiary alicyclic amines) is 2. The van der Waals surface area contributed by atoms with E-state index in [1.807, 2.05) is 9.80 Å². The fourth-order valence-electron chi connectivity index (χ4n) is 4.25. The van der Waals surface area contributed by atoms with Gasteiger partial charge in [-0.25, -0.2) is 0 Å². The topological polar surface area (TPSA) is 86.8 Å². The molecule has 1 atom stereocenters. The number of carbonyl (C=O) groups excluding carboxylic acids is 4. The average Bonchev–Trinajstić information content (AvgIpc) is 3.41. The monoisotopic (exact) mass is 421 g/mol. The molecule has 28 heavy (non-hydrogen) atoms. The van der Waals surface area contributed by atoms with Crippen molar-refractivity contribution in [3.8, 4) is 0 Å². The molecule has 1 aromatic rings. The van der Waals surface area contributed by atoms with E-state index in [2.05, 4.69) is 5.32 Å². The Morgan fingerprint density at radius 3 is 2.29 bits per heavy atom. The molecule has 3 saturated heterocycles. The van der Waals surface area contributed by atoms with Crippen LogP contribution in [0.1, 0.15) is 45.5 Å². The Bertz CT molecular complexity index is 829. The van der Waals surface area contributed by atoms with Crippen molar-refractivity contribution in [3.05, 3.63) is 21.9 Å². The molecule has 1 N–H and O–H groups in total.